The first-order valence-electron chi connectivity index (χ1n) is 8.19. The fraction of sp³-hybridized carbons (Fsp3) is 0.350. The van der Waals surface area contributed by atoms with Crippen molar-refractivity contribution >= 4 is 29.1 Å². The van der Waals surface area contributed by atoms with E-state index in [1.54, 1.807) is 0 Å². The molecule has 0 spiro atoms. The van der Waals surface area contributed by atoms with Gasteiger partial charge in [-0.1, -0.05) is 47.5 Å². The van der Waals surface area contributed by atoms with Crippen LogP contribution >= 0.6 is 23.2 Å². The van der Waals surface area contributed by atoms with Crippen molar-refractivity contribution in [3.05, 3.63) is 69.7 Å². The van der Waals surface area contributed by atoms with E-state index in [4.69, 9.17) is 23.2 Å². The van der Waals surface area contributed by atoms with E-state index in [9.17, 15) is 4.79 Å². The molecule has 2 nitrogen and oxygen atoms in total. The van der Waals surface area contributed by atoms with Gasteiger partial charge in [-0.2, -0.15) is 0 Å². The average Bonchev–Trinajstić information content (AvgIpc) is 3.04. The third kappa shape index (κ3) is 3.45. The second-order valence-corrected chi connectivity index (χ2v) is 7.80. The summed E-state index contributed by atoms with van der Waals surface area (Å²) in [5.74, 6) is 0.517. The zero-order valence-electron chi connectivity index (χ0n) is 13.9. The van der Waals surface area contributed by atoms with Crippen molar-refractivity contribution in [1.82, 2.24) is 4.90 Å². The maximum Gasteiger partial charge on any atom is 0.232 e. The molecule has 1 heterocycles. The molecule has 1 aliphatic heterocycles. The van der Waals surface area contributed by atoms with Gasteiger partial charge in [-0.25, -0.2) is 0 Å². The van der Waals surface area contributed by atoms with Crippen molar-refractivity contribution in [3.8, 4) is 0 Å². The minimum absolute atomic E-state index is 0.161. The number of carbonyl (C=O) groups excluding carboxylic acids is 1. The molecule has 3 rings (SSSR count). The Hall–Kier alpha value is -1.51. The molecular formula is C20H21Cl2NO. The zero-order chi connectivity index (χ0) is 17.3. The Bertz CT molecular complexity index is 740. The van der Waals surface area contributed by atoms with E-state index in [-0.39, 0.29) is 5.91 Å². The Kier molecular flexibility index (Phi) is 4.89. The predicted molar refractivity (Wildman–Crippen MR) is 99.9 cm³/mol. The Morgan fingerprint density at radius 1 is 1.08 bits per heavy atom. The zero-order valence-corrected chi connectivity index (χ0v) is 15.4. The molecule has 0 aliphatic carbocycles. The van der Waals surface area contributed by atoms with Gasteiger partial charge in [0.1, 0.15) is 0 Å². The first-order chi connectivity index (χ1) is 11.4. The summed E-state index contributed by atoms with van der Waals surface area (Å²) in [4.78, 5) is 15.0. The third-order valence-corrected chi connectivity index (χ3v) is 5.38. The van der Waals surface area contributed by atoms with E-state index in [2.05, 4.69) is 6.07 Å². The number of halogens is 2. The quantitative estimate of drug-likeness (QED) is 0.727. The van der Waals surface area contributed by atoms with Crippen molar-refractivity contribution in [1.29, 1.82) is 0 Å². The number of benzene rings is 2. The van der Waals surface area contributed by atoms with E-state index >= 15 is 0 Å². The summed E-state index contributed by atoms with van der Waals surface area (Å²) in [6, 6.07) is 15.5. The van der Waals surface area contributed by atoms with E-state index in [1.807, 2.05) is 61.2 Å². The molecule has 1 saturated heterocycles. The highest BCUT2D eigenvalue weighted by atomic mass is 35.5. The number of carbonyl (C=O) groups is 1. The van der Waals surface area contributed by atoms with Crippen LogP contribution in [0.2, 0.25) is 10.0 Å². The number of likely N-dealkylation sites (tertiary alicyclic amines) is 1. The van der Waals surface area contributed by atoms with Crippen molar-refractivity contribution in [2.24, 2.45) is 0 Å². The molecular weight excluding hydrogens is 341 g/mol. The smallest absolute Gasteiger partial charge is 0.232 e. The van der Waals surface area contributed by atoms with Crippen LogP contribution in [0.5, 0.6) is 0 Å². The molecule has 2 aromatic carbocycles. The summed E-state index contributed by atoms with van der Waals surface area (Å²) in [7, 11) is 0. The van der Waals surface area contributed by atoms with E-state index in [1.165, 1.54) is 5.56 Å². The summed E-state index contributed by atoms with van der Waals surface area (Å²) in [5.41, 5.74) is 1.64. The second-order valence-electron chi connectivity index (χ2n) is 6.92. The van der Waals surface area contributed by atoms with Crippen LogP contribution in [0.15, 0.2) is 48.5 Å². The highest BCUT2D eigenvalue weighted by Gasteiger charge is 2.37. The van der Waals surface area contributed by atoms with Crippen molar-refractivity contribution in [3.63, 3.8) is 0 Å². The van der Waals surface area contributed by atoms with Gasteiger partial charge in [0.05, 0.1) is 5.41 Å². The van der Waals surface area contributed by atoms with Crippen molar-refractivity contribution < 1.29 is 4.79 Å². The van der Waals surface area contributed by atoms with Crippen LogP contribution in [-0.2, 0) is 10.2 Å². The largest absolute Gasteiger partial charge is 0.341 e. The Labute approximate surface area is 153 Å². The van der Waals surface area contributed by atoms with E-state index < -0.39 is 5.41 Å². The fourth-order valence-corrected chi connectivity index (χ4v) is 3.69. The van der Waals surface area contributed by atoms with Gasteiger partial charge >= 0.3 is 0 Å². The number of hydrogen-bond acceptors (Lipinski definition) is 1. The van der Waals surface area contributed by atoms with Gasteiger partial charge in [0.25, 0.3) is 0 Å². The van der Waals surface area contributed by atoms with Gasteiger partial charge in [-0.3, -0.25) is 4.79 Å². The molecule has 2 aromatic rings. The lowest BCUT2D eigenvalue weighted by Crippen LogP contribution is -2.42. The van der Waals surface area contributed by atoms with Crippen LogP contribution in [0.1, 0.15) is 37.3 Å². The Morgan fingerprint density at radius 2 is 1.79 bits per heavy atom. The van der Waals surface area contributed by atoms with Gasteiger partial charge in [0.15, 0.2) is 0 Å². The SMILES string of the molecule is CC(C)(C(=O)N1CCC(c2cccc(Cl)c2)C1)c1ccc(Cl)cc1. The third-order valence-electron chi connectivity index (χ3n) is 4.90. The normalized spacial score (nSPS) is 18.0. The van der Waals surface area contributed by atoms with Crippen LogP contribution in [0.25, 0.3) is 0 Å². The predicted octanol–water partition coefficient (Wildman–Crippen LogP) is 5.29. The number of hydrogen-bond donors (Lipinski definition) is 0. The fourth-order valence-electron chi connectivity index (χ4n) is 3.36. The summed E-state index contributed by atoms with van der Waals surface area (Å²) in [6.07, 6.45) is 0.975. The molecule has 1 unspecified atom stereocenters. The second kappa shape index (κ2) is 6.78. The average molecular weight is 362 g/mol. The molecule has 1 amide bonds. The van der Waals surface area contributed by atoms with Gasteiger partial charge in [0, 0.05) is 29.1 Å². The lowest BCUT2D eigenvalue weighted by atomic mass is 9.83. The summed E-state index contributed by atoms with van der Waals surface area (Å²) in [5, 5.41) is 1.43. The van der Waals surface area contributed by atoms with Crippen LogP contribution in [-0.4, -0.2) is 23.9 Å². The molecule has 0 aromatic heterocycles. The number of amides is 1. The van der Waals surface area contributed by atoms with Gasteiger partial charge in [0.2, 0.25) is 5.91 Å². The molecule has 1 aliphatic rings. The van der Waals surface area contributed by atoms with Gasteiger partial charge in [-0.05, 0) is 55.7 Å². The van der Waals surface area contributed by atoms with E-state index in [0.29, 0.717) is 10.9 Å². The van der Waals surface area contributed by atoms with Crippen LogP contribution in [0.3, 0.4) is 0 Å². The summed E-state index contributed by atoms with van der Waals surface area (Å²) >= 11 is 12.1. The summed E-state index contributed by atoms with van der Waals surface area (Å²) in [6.45, 7) is 5.49. The molecule has 0 N–H and O–H groups in total. The lowest BCUT2D eigenvalue weighted by molar-refractivity contribution is -0.135. The Morgan fingerprint density at radius 3 is 2.46 bits per heavy atom. The first-order valence-corrected chi connectivity index (χ1v) is 8.94. The molecule has 1 fully saturated rings. The minimum atomic E-state index is -0.562. The molecule has 0 radical (unpaired) electrons. The molecule has 0 bridgehead atoms. The molecule has 24 heavy (non-hydrogen) atoms. The number of rotatable bonds is 3. The number of nitrogens with zero attached hydrogens (tertiary/aromatic N) is 1. The summed E-state index contributed by atoms with van der Waals surface area (Å²) < 4.78 is 0. The highest BCUT2D eigenvalue weighted by Crippen LogP contribution is 2.33. The highest BCUT2D eigenvalue weighted by molar-refractivity contribution is 6.30. The van der Waals surface area contributed by atoms with Crippen molar-refractivity contribution in [2.75, 3.05) is 13.1 Å². The standard InChI is InChI=1S/C20H21Cl2NO/c1-20(2,16-6-8-17(21)9-7-16)19(24)23-11-10-15(13-23)14-4-3-5-18(22)12-14/h3-9,12,15H,10-11,13H2,1-2H3. The topological polar surface area (TPSA) is 20.3 Å². The molecule has 0 saturated carbocycles. The minimum Gasteiger partial charge on any atom is -0.341 e. The van der Waals surface area contributed by atoms with Crippen LogP contribution in [0.4, 0.5) is 0 Å². The molecule has 1 atom stereocenters. The monoisotopic (exact) mass is 361 g/mol. The maximum atomic E-state index is 13.1. The van der Waals surface area contributed by atoms with Crippen LogP contribution in [0, 0.1) is 0 Å². The maximum absolute atomic E-state index is 13.1. The molecule has 4 heteroatoms. The van der Waals surface area contributed by atoms with Gasteiger partial charge in [-0.15, -0.1) is 0 Å². The van der Waals surface area contributed by atoms with Crippen molar-refractivity contribution in [2.45, 2.75) is 31.6 Å². The lowest BCUT2D eigenvalue weighted by Gasteiger charge is -2.30. The van der Waals surface area contributed by atoms with E-state index in [0.717, 1.165) is 30.1 Å². The molecule has 126 valence electrons. The first kappa shape index (κ1) is 17.3. The van der Waals surface area contributed by atoms with Gasteiger partial charge < -0.3 is 4.90 Å². The Balaban J connectivity index is 1.75. The van der Waals surface area contributed by atoms with Crippen LogP contribution < -0.4 is 0 Å².